The number of nitrogens with zero attached hydrogens (tertiary/aromatic N) is 2. The van der Waals surface area contributed by atoms with Gasteiger partial charge in [-0.15, -0.1) is 11.3 Å². The zero-order valence-corrected chi connectivity index (χ0v) is 16.9. The molecule has 1 aliphatic rings. The zero-order valence-electron chi connectivity index (χ0n) is 15.3. The number of hydrogen-bond donors (Lipinski definition) is 0. The Morgan fingerprint density at radius 1 is 1.33 bits per heavy atom. The lowest BCUT2D eigenvalue weighted by Gasteiger charge is -2.10. The van der Waals surface area contributed by atoms with Crippen LogP contribution in [-0.4, -0.2) is 27.7 Å². The fourth-order valence-electron chi connectivity index (χ4n) is 3.40. The Morgan fingerprint density at radius 2 is 2.15 bits per heavy atom. The second kappa shape index (κ2) is 7.48. The Bertz CT molecular complexity index is 1080. The molecule has 0 saturated carbocycles. The molecule has 0 atom stereocenters. The van der Waals surface area contributed by atoms with Crippen molar-refractivity contribution in [1.82, 2.24) is 9.55 Å². The minimum atomic E-state index is -0.0153. The molecule has 0 spiro atoms. The topological polar surface area (TPSA) is 61.2 Å². The first-order valence-corrected chi connectivity index (χ1v) is 10.7. The fourth-order valence-corrected chi connectivity index (χ4v) is 5.49. The number of benzene rings is 1. The number of hydrogen-bond acceptors (Lipinski definition) is 6. The molecule has 3 aromatic rings. The first-order valence-electron chi connectivity index (χ1n) is 8.93. The van der Waals surface area contributed by atoms with Gasteiger partial charge in [0.2, 0.25) is 0 Å². The first kappa shape index (κ1) is 18.3. The summed E-state index contributed by atoms with van der Waals surface area (Å²) in [6.45, 7) is 1.97. The van der Waals surface area contributed by atoms with Gasteiger partial charge in [0, 0.05) is 17.7 Å². The molecular formula is C20H20N2O3S2. The van der Waals surface area contributed by atoms with E-state index in [0.29, 0.717) is 28.8 Å². The number of aryl methyl sites for hydroxylation is 2. The van der Waals surface area contributed by atoms with Crippen molar-refractivity contribution in [2.24, 2.45) is 7.05 Å². The minimum Gasteiger partial charge on any atom is -0.492 e. The SMILES string of the molecule is CC(=O)c1ccccc1OCCSc1nc2sc3c(c2c(=O)n1C)CCC3. The molecule has 27 heavy (non-hydrogen) atoms. The van der Waals surface area contributed by atoms with E-state index >= 15 is 0 Å². The third-order valence-electron chi connectivity index (χ3n) is 4.74. The van der Waals surface area contributed by atoms with Crippen LogP contribution < -0.4 is 10.3 Å². The molecule has 2 heterocycles. The largest absolute Gasteiger partial charge is 0.492 e. The number of rotatable bonds is 6. The van der Waals surface area contributed by atoms with Crippen molar-refractivity contribution in [2.75, 3.05) is 12.4 Å². The Hall–Kier alpha value is -2.12. The Morgan fingerprint density at radius 3 is 2.96 bits per heavy atom. The Kier molecular flexibility index (Phi) is 5.06. The van der Waals surface area contributed by atoms with Gasteiger partial charge in [0.15, 0.2) is 10.9 Å². The van der Waals surface area contributed by atoms with E-state index in [1.165, 1.54) is 29.1 Å². The summed E-state index contributed by atoms with van der Waals surface area (Å²) in [5.41, 5.74) is 1.84. The van der Waals surface area contributed by atoms with Crippen molar-refractivity contribution < 1.29 is 9.53 Å². The molecule has 0 unspecified atom stereocenters. The maximum absolute atomic E-state index is 12.8. The van der Waals surface area contributed by atoms with Crippen LogP contribution in [0.15, 0.2) is 34.2 Å². The van der Waals surface area contributed by atoms with Crippen molar-refractivity contribution in [2.45, 2.75) is 31.3 Å². The first-order chi connectivity index (χ1) is 13.1. The molecule has 0 radical (unpaired) electrons. The maximum Gasteiger partial charge on any atom is 0.262 e. The number of thioether (sulfide) groups is 1. The summed E-state index contributed by atoms with van der Waals surface area (Å²) in [6.07, 6.45) is 3.18. The lowest BCUT2D eigenvalue weighted by Crippen LogP contribution is -2.20. The second-order valence-corrected chi connectivity index (χ2v) is 8.69. The van der Waals surface area contributed by atoms with E-state index in [1.807, 2.05) is 12.1 Å². The highest BCUT2D eigenvalue weighted by atomic mass is 32.2. The predicted molar refractivity (Wildman–Crippen MR) is 110 cm³/mol. The van der Waals surface area contributed by atoms with Gasteiger partial charge in [0.1, 0.15) is 10.6 Å². The number of thiophene rings is 1. The monoisotopic (exact) mass is 400 g/mol. The highest BCUT2D eigenvalue weighted by Crippen LogP contribution is 2.35. The summed E-state index contributed by atoms with van der Waals surface area (Å²) < 4.78 is 7.41. The summed E-state index contributed by atoms with van der Waals surface area (Å²) in [4.78, 5) is 31.3. The standard InChI is InChI=1S/C20H20N2O3S2/c1-12(23)13-6-3-4-8-15(13)25-10-11-26-20-21-18-17(19(24)22(20)2)14-7-5-9-16(14)27-18/h3-4,6,8H,5,7,9-11H2,1-2H3. The van der Waals surface area contributed by atoms with Crippen LogP contribution in [0.25, 0.3) is 10.2 Å². The predicted octanol–water partition coefficient (Wildman–Crippen LogP) is 3.86. The van der Waals surface area contributed by atoms with Crippen molar-refractivity contribution in [3.63, 3.8) is 0 Å². The van der Waals surface area contributed by atoms with Gasteiger partial charge < -0.3 is 4.74 Å². The van der Waals surface area contributed by atoms with Crippen molar-refractivity contribution in [1.29, 1.82) is 0 Å². The van der Waals surface area contributed by atoms with E-state index in [9.17, 15) is 9.59 Å². The van der Waals surface area contributed by atoms with Gasteiger partial charge in [-0.05, 0) is 43.9 Å². The van der Waals surface area contributed by atoms with Crippen LogP contribution in [0.2, 0.25) is 0 Å². The highest BCUT2D eigenvalue weighted by molar-refractivity contribution is 7.99. The molecule has 0 fully saturated rings. The summed E-state index contributed by atoms with van der Waals surface area (Å²) in [5, 5.41) is 1.52. The van der Waals surface area contributed by atoms with Crippen molar-refractivity contribution >= 4 is 39.1 Å². The van der Waals surface area contributed by atoms with Gasteiger partial charge >= 0.3 is 0 Å². The van der Waals surface area contributed by atoms with Crippen LogP contribution in [0.1, 0.15) is 34.1 Å². The molecule has 4 rings (SSSR count). The number of para-hydroxylation sites is 1. The van der Waals surface area contributed by atoms with E-state index in [0.717, 1.165) is 29.5 Å². The normalized spacial score (nSPS) is 13.1. The number of carbonyl (C=O) groups excluding carboxylic acids is 1. The molecule has 7 heteroatoms. The van der Waals surface area contributed by atoms with Gasteiger partial charge in [-0.2, -0.15) is 0 Å². The number of ether oxygens (including phenoxy) is 1. The molecular weight excluding hydrogens is 380 g/mol. The molecule has 0 saturated heterocycles. The highest BCUT2D eigenvalue weighted by Gasteiger charge is 2.22. The molecule has 1 aromatic carbocycles. The third kappa shape index (κ3) is 3.41. The second-order valence-electron chi connectivity index (χ2n) is 6.55. The quantitative estimate of drug-likeness (QED) is 0.272. The van der Waals surface area contributed by atoms with E-state index in [1.54, 1.807) is 35.1 Å². The van der Waals surface area contributed by atoms with Crippen LogP contribution in [0, 0.1) is 0 Å². The average molecular weight is 401 g/mol. The molecule has 2 aromatic heterocycles. The van der Waals surface area contributed by atoms with Gasteiger partial charge in [-0.3, -0.25) is 14.2 Å². The van der Waals surface area contributed by atoms with Crippen molar-refractivity contribution in [3.05, 3.63) is 50.6 Å². The smallest absolute Gasteiger partial charge is 0.262 e. The summed E-state index contributed by atoms with van der Waals surface area (Å²) >= 11 is 3.16. The third-order valence-corrected chi connectivity index (χ3v) is 6.92. The summed E-state index contributed by atoms with van der Waals surface area (Å²) in [7, 11) is 1.78. The van der Waals surface area contributed by atoms with Gasteiger partial charge in [0.25, 0.3) is 5.56 Å². The lowest BCUT2D eigenvalue weighted by molar-refractivity contribution is 0.101. The fraction of sp³-hybridized carbons (Fsp3) is 0.350. The minimum absolute atomic E-state index is 0.0153. The molecule has 0 N–H and O–H groups in total. The van der Waals surface area contributed by atoms with Crippen molar-refractivity contribution in [3.8, 4) is 5.75 Å². The summed E-state index contributed by atoms with van der Waals surface area (Å²) in [6, 6.07) is 7.24. The van der Waals surface area contributed by atoms with E-state index in [2.05, 4.69) is 0 Å². The Labute approximate surface area is 165 Å². The number of carbonyl (C=O) groups is 1. The number of Topliss-reactive ketones (excluding diaryl/α,β-unsaturated/α-hetero) is 1. The van der Waals surface area contributed by atoms with Crippen LogP contribution in [0.5, 0.6) is 5.75 Å². The van der Waals surface area contributed by atoms with Gasteiger partial charge in [0.05, 0.1) is 17.6 Å². The van der Waals surface area contributed by atoms with E-state index in [-0.39, 0.29) is 11.3 Å². The molecule has 5 nitrogen and oxygen atoms in total. The molecule has 1 aliphatic carbocycles. The van der Waals surface area contributed by atoms with Crippen LogP contribution >= 0.6 is 23.1 Å². The molecule has 0 bridgehead atoms. The zero-order chi connectivity index (χ0) is 19.0. The van der Waals surface area contributed by atoms with E-state index < -0.39 is 0 Å². The number of fused-ring (bicyclic) bond motifs is 3. The van der Waals surface area contributed by atoms with Gasteiger partial charge in [-0.25, -0.2) is 4.98 Å². The van der Waals surface area contributed by atoms with Crippen LogP contribution in [-0.2, 0) is 19.9 Å². The van der Waals surface area contributed by atoms with Crippen LogP contribution in [0.4, 0.5) is 0 Å². The van der Waals surface area contributed by atoms with E-state index in [4.69, 9.17) is 9.72 Å². The summed E-state index contributed by atoms with van der Waals surface area (Å²) in [5.74, 6) is 1.22. The Balaban J connectivity index is 1.48. The number of aromatic nitrogens is 2. The molecule has 0 amide bonds. The van der Waals surface area contributed by atoms with Gasteiger partial charge in [-0.1, -0.05) is 23.9 Å². The van der Waals surface area contributed by atoms with Crippen LogP contribution in [0.3, 0.4) is 0 Å². The lowest BCUT2D eigenvalue weighted by atomic mass is 10.1. The molecule has 0 aliphatic heterocycles. The number of ketones is 1. The molecule has 140 valence electrons. The maximum atomic E-state index is 12.8. The average Bonchev–Trinajstić information content (AvgIpc) is 3.23.